The molecule has 0 aromatic carbocycles. The van der Waals surface area contributed by atoms with Crippen molar-refractivity contribution in [2.24, 2.45) is 12.8 Å². The lowest BCUT2D eigenvalue weighted by Crippen LogP contribution is -2.49. The summed E-state index contributed by atoms with van der Waals surface area (Å²) in [6.07, 6.45) is 0.868. The Morgan fingerprint density at radius 2 is 2.16 bits per heavy atom. The van der Waals surface area contributed by atoms with Crippen molar-refractivity contribution >= 4 is 5.82 Å². The van der Waals surface area contributed by atoms with Gasteiger partial charge in [-0.15, -0.1) is 0 Å². The van der Waals surface area contributed by atoms with Crippen LogP contribution in [0.25, 0.3) is 0 Å². The highest BCUT2D eigenvalue weighted by atomic mass is 16.5. The molecule has 5 heteroatoms. The third-order valence-corrected chi connectivity index (χ3v) is 3.56. The number of rotatable bonds is 3. The third kappa shape index (κ3) is 3.09. The highest BCUT2D eigenvalue weighted by Crippen LogP contribution is 2.28. The summed E-state index contributed by atoms with van der Waals surface area (Å²) in [5, 5.41) is 4.57. The molecule has 0 aliphatic carbocycles. The van der Waals surface area contributed by atoms with Gasteiger partial charge in [-0.3, -0.25) is 4.68 Å². The lowest BCUT2D eigenvalue weighted by Gasteiger charge is -2.39. The summed E-state index contributed by atoms with van der Waals surface area (Å²) < 4.78 is 7.77. The van der Waals surface area contributed by atoms with E-state index in [1.165, 1.54) is 11.4 Å². The molecule has 1 aromatic rings. The third-order valence-electron chi connectivity index (χ3n) is 3.56. The van der Waals surface area contributed by atoms with E-state index in [1.54, 1.807) is 0 Å². The molecule has 1 atom stereocenters. The van der Waals surface area contributed by atoms with E-state index >= 15 is 0 Å². The number of anilines is 1. The molecule has 2 heterocycles. The van der Waals surface area contributed by atoms with E-state index in [1.807, 2.05) is 18.7 Å². The molecule has 1 aliphatic heterocycles. The molecule has 1 aromatic heterocycles. The first-order chi connectivity index (χ1) is 8.80. The van der Waals surface area contributed by atoms with E-state index in [0.29, 0.717) is 0 Å². The minimum atomic E-state index is -0.109. The molecular weight excluding hydrogens is 240 g/mol. The first-order valence-electron chi connectivity index (χ1n) is 6.97. The number of aromatic nitrogens is 2. The number of nitrogens with zero attached hydrogens (tertiary/aromatic N) is 3. The molecule has 0 spiro atoms. The number of nitrogens with two attached hydrogens (primary N) is 1. The summed E-state index contributed by atoms with van der Waals surface area (Å²) >= 11 is 0. The van der Waals surface area contributed by atoms with Crippen molar-refractivity contribution in [1.29, 1.82) is 0 Å². The molecule has 1 unspecified atom stereocenters. The first-order valence-corrected chi connectivity index (χ1v) is 6.97. The van der Waals surface area contributed by atoms with Gasteiger partial charge in [-0.1, -0.05) is 0 Å². The van der Waals surface area contributed by atoms with Gasteiger partial charge in [0.1, 0.15) is 5.82 Å². The van der Waals surface area contributed by atoms with E-state index in [-0.39, 0.29) is 11.6 Å². The Bertz CT molecular complexity index is 451. The van der Waals surface area contributed by atoms with Crippen LogP contribution in [0.3, 0.4) is 0 Å². The van der Waals surface area contributed by atoms with Gasteiger partial charge in [-0.25, -0.2) is 0 Å². The molecular formula is C14H26N4O. The van der Waals surface area contributed by atoms with Crippen LogP contribution in [0.5, 0.6) is 0 Å². The van der Waals surface area contributed by atoms with Gasteiger partial charge >= 0.3 is 0 Å². The fourth-order valence-electron chi connectivity index (χ4n) is 2.84. The smallest absolute Gasteiger partial charge is 0.130 e. The van der Waals surface area contributed by atoms with Gasteiger partial charge in [0, 0.05) is 31.7 Å². The van der Waals surface area contributed by atoms with Gasteiger partial charge in [-0.05, 0) is 34.1 Å². The maximum Gasteiger partial charge on any atom is 0.130 e. The van der Waals surface area contributed by atoms with Crippen LogP contribution < -0.4 is 10.6 Å². The van der Waals surface area contributed by atoms with E-state index in [9.17, 15) is 0 Å². The zero-order chi connectivity index (χ0) is 14.2. The molecule has 1 aliphatic rings. The van der Waals surface area contributed by atoms with Gasteiger partial charge in [0.25, 0.3) is 0 Å². The van der Waals surface area contributed by atoms with Crippen LogP contribution in [-0.4, -0.2) is 41.1 Å². The number of morpholine rings is 1. The average molecular weight is 266 g/mol. The lowest BCUT2D eigenvalue weighted by molar-refractivity contribution is -0.0281. The van der Waals surface area contributed by atoms with Gasteiger partial charge in [-0.2, -0.15) is 5.10 Å². The van der Waals surface area contributed by atoms with Gasteiger partial charge in [0.05, 0.1) is 17.9 Å². The second kappa shape index (κ2) is 5.13. The zero-order valence-electron chi connectivity index (χ0n) is 12.7. The molecule has 5 nitrogen and oxygen atoms in total. The summed E-state index contributed by atoms with van der Waals surface area (Å²) in [6, 6.07) is 0.149. The van der Waals surface area contributed by atoms with E-state index in [4.69, 9.17) is 10.5 Å². The lowest BCUT2D eigenvalue weighted by atomic mass is 10.0. The fraction of sp³-hybridized carbons (Fsp3) is 0.786. The summed E-state index contributed by atoms with van der Waals surface area (Å²) in [5.74, 6) is 1.20. The molecule has 108 valence electrons. The molecule has 19 heavy (non-hydrogen) atoms. The summed E-state index contributed by atoms with van der Waals surface area (Å²) in [5.41, 5.74) is 8.22. The second-order valence-corrected chi connectivity index (χ2v) is 6.22. The molecule has 0 radical (unpaired) electrons. The molecule has 1 saturated heterocycles. The molecule has 0 saturated carbocycles. The second-order valence-electron chi connectivity index (χ2n) is 6.22. The largest absolute Gasteiger partial charge is 0.372 e. The van der Waals surface area contributed by atoms with Crippen LogP contribution in [-0.2, 0) is 18.2 Å². The molecule has 2 N–H and O–H groups in total. The quantitative estimate of drug-likeness (QED) is 0.894. The van der Waals surface area contributed by atoms with Crippen LogP contribution in [0.2, 0.25) is 0 Å². The Morgan fingerprint density at radius 1 is 1.47 bits per heavy atom. The van der Waals surface area contributed by atoms with Gasteiger partial charge < -0.3 is 15.4 Å². The SMILES string of the molecule is Cc1nn(C)c(N2CCOC(C)(C)C2)c1CC(C)N. The van der Waals surface area contributed by atoms with Gasteiger partial charge in [0.15, 0.2) is 0 Å². The van der Waals surface area contributed by atoms with Crippen molar-refractivity contribution in [3.05, 3.63) is 11.3 Å². The van der Waals surface area contributed by atoms with E-state index < -0.39 is 0 Å². The van der Waals surface area contributed by atoms with E-state index in [2.05, 4.69) is 30.8 Å². The maximum absolute atomic E-state index is 5.97. The van der Waals surface area contributed by atoms with Crippen molar-refractivity contribution in [1.82, 2.24) is 9.78 Å². The van der Waals surface area contributed by atoms with Crippen LogP contribution in [0, 0.1) is 6.92 Å². The Kier molecular flexibility index (Phi) is 3.87. The Hall–Kier alpha value is -1.07. The number of aryl methyl sites for hydroxylation is 2. The van der Waals surface area contributed by atoms with E-state index in [0.717, 1.165) is 31.8 Å². The minimum Gasteiger partial charge on any atom is -0.372 e. The average Bonchev–Trinajstić information content (AvgIpc) is 2.51. The first kappa shape index (κ1) is 14.3. The summed E-state index contributed by atoms with van der Waals surface area (Å²) in [4.78, 5) is 2.38. The van der Waals surface area contributed by atoms with Gasteiger partial charge in [0.2, 0.25) is 0 Å². The predicted octanol–water partition coefficient (Wildman–Crippen LogP) is 1.23. The predicted molar refractivity (Wildman–Crippen MR) is 77.5 cm³/mol. The highest BCUT2D eigenvalue weighted by Gasteiger charge is 2.30. The fourth-order valence-corrected chi connectivity index (χ4v) is 2.84. The van der Waals surface area contributed by atoms with Crippen molar-refractivity contribution < 1.29 is 4.74 Å². The standard InChI is InChI=1S/C14H26N4O/c1-10(15)8-12-11(2)16-17(5)13(12)18-6-7-19-14(3,4)9-18/h10H,6-9,15H2,1-5H3. The topological polar surface area (TPSA) is 56.3 Å². The Balaban J connectivity index is 2.32. The van der Waals surface area contributed by atoms with Crippen LogP contribution in [0.1, 0.15) is 32.0 Å². The molecule has 2 rings (SSSR count). The number of hydrogen-bond donors (Lipinski definition) is 1. The molecule has 1 fully saturated rings. The number of ether oxygens (including phenoxy) is 1. The normalized spacial score (nSPS) is 20.6. The Morgan fingerprint density at radius 3 is 2.74 bits per heavy atom. The minimum absolute atomic E-state index is 0.109. The van der Waals surface area contributed by atoms with Crippen LogP contribution in [0.15, 0.2) is 0 Å². The summed E-state index contributed by atoms with van der Waals surface area (Å²) in [6.45, 7) is 10.9. The van der Waals surface area contributed by atoms with Crippen molar-refractivity contribution in [3.63, 3.8) is 0 Å². The van der Waals surface area contributed by atoms with Crippen LogP contribution >= 0.6 is 0 Å². The number of hydrogen-bond acceptors (Lipinski definition) is 4. The molecule has 0 bridgehead atoms. The monoisotopic (exact) mass is 266 g/mol. The van der Waals surface area contributed by atoms with Crippen molar-refractivity contribution in [2.45, 2.75) is 45.8 Å². The Labute approximate surface area is 115 Å². The van der Waals surface area contributed by atoms with Crippen molar-refractivity contribution in [2.75, 3.05) is 24.6 Å². The zero-order valence-corrected chi connectivity index (χ0v) is 12.7. The summed E-state index contributed by atoms with van der Waals surface area (Å²) in [7, 11) is 2.01. The van der Waals surface area contributed by atoms with Crippen LogP contribution in [0.4, 0.5) is 5.82 Å². The molecule has 0 amide bonds. The maximum atomic E-state index is 5.97. The highest BCUT2D eigenvalue weighted by molar-refractivity contribution is 5.51. The van der Waals surface area contributed by atoms with Crippen molar-refractivity contribution in [3.8, 4) is 0 Å².